The second-order valence-corrected chi connectivity index (χ2v) is 7.06. The maximum atomic E-state index is 12.9. The lowest BCUT2D eigenvalue weighted by molar-refractivity contribution is 0.0746. The van der Waals surface area contributed by atoms with Gasteiger partial charge in [0.2, 0.25) is 0 Å². The van der Waals surface area contributed by atoms with Crippen molar-refractivity contribution in [3.8, 4) is 0 Å². The third-order valence-corrected chi connectivity index (χ3v) is 5.11. The van der Waals surface area contributed by atoms with Gasteiger partial charge in [0.15, 0.2) is 0 Å². The highest BCUT2D eigenvalue weighted by Crippen LogP contribution is 2.15. The van der Waals surface area contributed by atoms with Crippen molar-refractivity contribution in [2.45, 2.75) is 6.42 Å². The number of benzene rings is 1. The Bertz CT molecular complexity index is 924. The van der Waals surface area contributed by atoms with E-state index in [1.165, 1.54) is 5.56 Å². The van der Waals surface area contributed by atoms with E-state index < -0.39 is 0 Å². The van der Waals surface area contributed by atoms with E-state index in [1.807, 2.05) is 47.4 Å². The number of nitrogens with one attached hydrogen (secondary N) is 1. The Hall–Kier alpha value is -3.41. The lowest BCUT2D eigenvalue weighted by Crippen LogP contribution is -2.49. The monoisotopic (exact) mass is 387 g/mol. The van der Waals surface area contributed by atoms with Crippen molar-refractivity contribution in [3.63, 3.8) is 0 Å². The molecule has 1 amide bonds. The lowest BCUT2D eigenvalue weighted by atomic mass is 10.1. The van der Waals surface area contributed by atoms with Crippen molar-refractivity contribution in [2.75, 3.05) is 42.9 Å². The van der Waals surface area contributed by atoms with Crippen molar-refractivity contribution < 1.29 is 4.79 Å². The summed E-state index contributed by atoms with van der Waals surface area (Å²) in [6.45, 7) is 3.73. The second kappa shape index (κ2) is 9.19. The summed E-state index contributed by atoms with van der Waals surface area (Å²) in [5.74, 6) is 1.76. The summed E-state index contributed by atoms with van der Waals surface area (Å²) < 4.78 is 0. The minimum absolute atomic E-state index is 0.0548. The van der Waals surface area contributed by atoms with Crippen LogP contribution in [0, 0.1) is 0 Å². The van der Waals surface area contributed by atoms with E-state index in [4.69, 9.17) is 0 Å². The highest BCUT2D eigenvalue weighted by Gasteiger charge is 2.23. The highest BCUT2D eigenvalue weighted by atomic mass is 16.2. The minimum Gasteiger partial charge on any atom is -0.370 e. The normalized spacial score (nSPS) is 13.9. The number of anilines is 2. The molecule has 0 aliphatic carbocycles. The fraction of sp³-hybridized carbons (Fsp3) is 0.261. The summed E-state index contributed by atoms with van der Waals surface area (Å²) in [4.78, 5) is 25.8. The molecule has 1 N–H and O–H groups in total. The lowest BCUT2D eigenvalue weighted by Gasteiger charge is -2.35. The quantitative estimate of drug-likeness (QED) is 0.704. The van der Waals surface area contributed by atoms with Gasteiger partial charge in [0.25, 0.3) is 5.91 Å². The smallest absolute Gasteiger partial charge is 0.254 e. The molecule has 0 unspecified atom stereocenters. The van der Waals surface area contributed by atoms with Gasteiger partial charge in [-0.15, -0.1) is 0 Å². The van der Waals surface area contributed by atoms with Gasteiger partial charge in [0, 0.05) is 50.7 Å². The SMILES string of the molecule is O=C(c1ccnc(NCCc2ccccc2)c1)N1CCN(c2ccccn2)CC1. The molecule has 1 aliphatic heterocycles. The summed E-state index contributed by atoms with van der Waals surface area (Å²) in [6, 6.07) is 19.9. The first kappa shape index (κ1) is 18.9. The van der Waals surface area contributed by atoms with Crippen LogP contribution in [0.1, 0.15) is 15.9 Å². The first-order valence-corrected chi connectivity index (χ1v) is 9.99. The molecule has 0 spiro atoms. The summed E-state index contributed by atoms with van der Waals surface area (Å²) >= 11 is 0. The van der Waals surface area contributed by atoms with Crippen LogP contribution in [0.3, 0.4) is 0 Å². The van der Waals surface area contributed by atoms with Crippen LogP contribution < -0.4 is 10.2 Å². The van der Waals surface area contributed by atoms with Crippen LogP contribution in [0.15, 0.2) is 73.1 Å². The number of rotatable bonds is 6. The predicted molar refractivity (Wildman–Crippen MR) is 115 cm³/mol. The molecule has 3 heterocycles. The molecular weight excluding hydrogens is 362 g/mol. The molecule has 1 fully saturated rings. The van der Waals surface area contributed by atoms with E-state index in [2.05, 4.69) is 32.3 Å². The van der Waals surface area contributed by atoms with Crippen molar-refractivity contribution in [1.29, 1.82) is 0 Å². The molecule has 0 bridgehead atoms. The molecule has 6 heteroatoms. The van der Waals surface area contributed by atoms with Gasteiger partial charge >= 0.3 is 0 Å². The number of carbonyl (C=O) groups is 1. The molecule has 1 aromatic carbocycles. The highest BCUT2D eigenvalue weighted by molar-refractivity contribution is 5.95. The fourth-order valence-corrected chi connectivity index (χ4v) is 3.50. The second-order valence-electron chi connectivity index (χ2n) is 7.06. The first-order chi connectivity index (χ1) is 14.3. The molecule has 0 saturated carbocycles. The average Bonchev–Trinajstić information content (AvgIpc) is 2.80. The van der Waals surface area contributed by atoms with Gasteiger partial charge < -0.3 is 15.1 Å². The van der Waals surface area contributed by atoms with Gasteiger partial charge in [-0.2, -0.15) is 0 Å². The number of hydrogen-bond donors (Lipinski definition) is 1. The molecule has 1 aliphatic rings. The van der Waals surface area contributed by atoms with E-state index in [-0.39, 0.29) is 5.91 Å². The Balaban J connectivity index is 1.31. The van der Waals surface area contributed by atoms with Gasteiger partial charge in [-0.1, -0.05) is 36.4 Å². The number of carbonyl (C=O) groups excluding carboxylic acids is 1. The Morgan fingerprint density at radius 3 is 2.45 bits per heavy atom. The van der Waals surface area contributed by atoms with Crippen LogP contribution in [0.5, 0.6) is 0 Å². The maximum absolute atomic E-state index is 12.9. The number of hydrogen-bond acceptors (Lipinski definition) is 5. The van der Waals surface area contributed by atoms with Gasteiger partial charge in [0.05, 0.1) is 0 Å². The summed E-state index contributed by atoms with van der Waals surface area (Å²) in [7, 11) is 0. The topological polar surface area (TPSA) is 61.4 Å². The number of amides is 1. The Morgan fingerprint density at radius 1 is 0.897 bits per heavy atom. The van der Waals surface area contributed by atoms with Crippen LogP contribution in [0.4, 0.5) is 11.6 Å². The third kappa shape index (κ3) is 4.90. The number of piperazine rings is 1. The van der Waals surface area contributed by atoms with E-state index >= 15 is 0 Å². The Morgan fingerprint density at radius 2 is 1.69 bits per heavy atom. The number of aromatic nitrogens is 2. The molecule has 0 atom stereocenters. The minimum atomic E-state index is 0.0548. The average molecular weight is 387 g/mol. The zero-order valence-corrected chi connectivity index (χ0v) is 16.4. The van der Waals surface area contributed by atoms with Gasteiger partial charge in [0.1, 0.15) is 11.6 Å². The molecule has 4 rings (SSSR count). The Kier molecular flexibility index (Phi) is 6.00. The molecule has 0 radical (unpaired) electrons. The molecule has 6 nitrogen and oxygen atoms in total. The van der Waals surface area contributed by atoms with Crippen molar-refractivity contribution in [3.05, 3.63) is 84.2 Å². The van der Waals surface area contributed by atoms with Gasteiger partial charge in [-0.25, -0.2) is 9.97 Å². The fourth-order valence-electron chi connectivity index (χ4n) is 3.50. The van der Waals surface area contributed by atoms with Crippen molar-refractivity contribution >= 4 is 17.5 Å². The van der Waals surface area contributed by atoms with Crippen LogP contribution in [0.25, 0.3) is 0 Å². The predicted octanol–water partition coefficient (Wildman–Crippen LogP) is 3.09. The maximum Gasteiger partial charge on any atom is 0.254 e. The number of pyridine rings is 2. The molecule has 1 saturated heterocycles. The molecule has 2 aromatic heterocycles. The van der Waals surface area contributed by atoms with E-state index in [0.29, 0.717) is 18.7 Å². The zero-order valence-electron chi connectivity index (χ0n) is 16.4. The summed E-state index contributed by atoms with van der Waals surface area (Å²) in [5, 5.41) is 3.32. The molecule has 29 heavy (non-hydrogen) atoms. The van der Waals surface area contributed by atoms with E-state index in [1.54, 1.807) is 18.5 Å². The van der Waals surface area contributed by atoms with Crippen LogP contribution in [-0.2, 0) is 6.42 Å². The third-order valence-electron chi connectivity index (χ3n) is 5.11. The first-order valence-electron chi connectivity index (χ1n) is 9.99. The van der Waals surface area contributed by atoms with Crippen LogP contribution in [0.2, 0.25) is 0 Å². The summed E-state index contributed by atoms with van der Waals surface area (Å²) in [5.41, 5.74) is 1.95. The van der Waals surface area contributed by atoms with E-state index in [0.717, 1.165) is 37.7 Å². The van der Waals surface area contributed by atoms with Crippen LogP contribution >= 0.6 is 0 Å². The molecular formula is C23H25N5O. The van der Waals surface area contributed by atoms with Crippen molar-refractivity contribution in [2.24, 2.45) is 0 Å². The van der Waals surface area contributed by atoms with Gasteiger partial charge in [-0.3, -0.25) is 4.79 Å². The Labute approximate surface area is 171 Å². The molecule has 3 aromatic rings. The number of nitrogens with zero attached hydrogens (tertiary/aromatic N) is 4. The standard InChI is InChI=1S/C23H25N5O/c29-23(28-16-14-27(15-17-28)22-8-4-5-11-26-22)20-10-13-25-21(18-20)24-12-9-19-6-2-1-3-7-19/h1-8,10-11,13,18H,9,12,14-17H2,(H,24,25). The zero-order chi connectivity index (χ0) is 19.9. The van der Waals surface area contributed by atoms with Crippen LogP contribution in [-0.4, -0.2) is 53.5 Å². The van der Waals surface area contributed by atoms with Crippen molar-refractivity contribution in [1.82, 2.24) is 14.9 Å². The van der Waals surface area contributed by atoms with Gasteiger partial charge in [-0.05, 0) is 36.2 Å². The summed E-state index contributed by atoms with van der Waals surface area (Å²) in [6.07, 6.45) is 4.41. The molecule has 148 valence electrons. The largest absolute Gasteiger partial charge is 0.370 e. The van der Waals surface area contributed by atoms with E-state index in [9.17, 15) is 4.79 Å².